The van der Waals surface area contributed by atoms with E-state index in [1.54, 1.807) is 7.11 Å². The molecule has 2 aromatic carbocycles. The highest BCUT2D eigenvalue weighted by Gasteiger charge is 2.34. The van der Waals surface area contributed by atoms with Crippen molar-refractivity contribution in [3.05, 3.63) is 53.3 Å². The molecule has 162 valence electrons. The molecule has 0 amide bonds. The van der Waals surface area contributed by atoms with E-state index in [2.05, 4.69) is 73.8 Å². The van der Waals surface area contributed by atoms with Gasteiger partial charge in [0.15, 0.2) is 0 Å². The van der Waals surface area contributed by atoms with Gasteiger partial charge in [0.25, 0.3) is 0 Å². The second-order valence-corrected chi connectivity index (χ2v) is 10.7. The molecule has 0 aliphatic heterocycles. The van der Waals surface area contributed by atoms with Crippen LogP contribution in [0.1, 0.15) is 70.1 Å². The molecular weight excluding hydrogens is 384 g/mol. The maximum Gasteiger partial charge on any atom is 0.121 e. The first kappa shape index (κ1) is 20.1. The van der Waals surface area contributed by atoms with Gasteiger partial charge in [-0.2, -0.15) is 10.2 Å². The molecule has 4 aromatic rings. The number of nitrogens with zero attached hydrogens (tertiary/aromatic N) is 3. The van der Waals surface area contributed by atoms with Crippen molar-refractivity contribution >= 4 is 21.8 Å². The molecule has 0 atom stereocenters. The molecule has 1 aliphatic rings. The molecule has 5 heteroatoms. The van der Waals surface area contributed by atoms with Crippen LogP contribution in [0.4, 0.5) is 0 Å². The molecule has 1 saturated carbocycles. The smallest absolute Gasteiger partial charge is 0.121 e. The lowest BCUT2D eigenvalue weighted by Gasteiger charge is -2.29. The summed E-state index contributed by atoms with van der Waals surface area (Å²) in [6.07, 6.45) is 6.57. The molecule has 2 aromatic heterocycles. The van der Waals surface area contributed by atoms with Gasteiger partial charge in [0.1, 0.15) is 5.75 Å². The van der Waals surface area contributed by atoms with Crippen molar-refractivity contribution in [1.29, 1.82) is 0 Å². The fourth-order valence-corrected chi connectivity index (χ4v) is 4.99. The Morgan fingerprint density at radius 1 is 1.06 bits per heavy atom. The Hall–Kier alpha value is -2.82. The number of aromatic amines is 1. The standard InChI is InChI=1S/C26H32N4O/c1-25(2,3)21-11-17(31-6)12-23-19(21)14-28-30(23)15-26(4,5)24-18(16-7-8-16)9-10-22-20(24)13-27-29-22/h9-14,16H,7-8,15H2,1-6H3,(H,27,29). The predicted molar refractivity (Wildman–Crippen MR) is 126 cm³/mol. The van der Waals surface area contributed by atoms with E-state index in [0.29, 0.717) is 5.92 Å². The summed E-state index contributed by atoms with van der Waals surface area (Å²) >= 11 is 0. The van der Waals surface area contributed by atoms with Gasteiger partial charge in [0.05, 0.1) is 37.1 Å². The zero-order valence-corrected chi connectivity index (χ0v) is 19.4. The fourth-order valence-electron chi connectivity index (χ4n) is 4.99. The summed E-state index contributed by atoms with van der Waals surface area (Å²) in [5.41, 5.74) is 6.29. The van der Waals surface area contributed by atoms with Crippen molar-refractivity contribution in [1.82, 2.24) is 20.0 Å². The van der Waals surface area contributed by atoms with E-state index >= 15 is 0 Å². The van der Waals surface area contributed by atoms with Crippen molar-refractivity contribution < 1.29 is 4.74 Å². The number of nitrogens with one attached hydrogen (secondary N) is 1. The zero-order valence-electron chi connectivity index (χ0n) is 19.4. The first-order valence-electron chi connectivity index (χ1n) is 11.2. The molecule has 1 N–H and O–H groups in total. The molecule has 0 bridgehead atoms. The van der Waals surface area contributed by atoms with Crippen LogP contribution in [0.15, 0.2) is 36.7 Å². The lowest BCUT2D eigenvalue weighted by Crippen LogP contribution is -2.27. The molecule has 2 heterocycles. The average Bonchev–Trinajstić information content (AvgIpc) is 3.32. The topological polar surface area (TPSA) is 55.7 Å². The Kier molecular flexibility index (Phi) is 4.44. The van der Waals surface area contributed by atoms with Crippen LogP contribution in [-0.4, -0.2) is 27.1 Å². The molecule has 1 fully saturated rings. The zero-order chi connectivity index (χ0) is 22.0. The highest BCUT2D eigenvalue weighted by Crippen LogP contribution is 2.47. The van der Waals surface area contributed by atoms with E-state index in [-0.39, 0.29) is 10.8 Å². The van der Waals surface area contributed by atoms with Crippen LogP contribution in [0.25, 0.3) is 21.8 Å². The van der Waals surface area contributed by atoms with Crippen molar-refractivity contribution in [3.8, 4) is 5.75 Å². The number of fused-ring (bicyclic) bond motifs is 2. The summed E-state index contributed by atoms with van der Waals surface area (Å²) in [6, 6.07) is 8.75. The molecule has 0 radical (unpaired) electrons. The van der Waals surface area contributed by atoms with Crippen LogP contribution in [0.3, 0.4) is 0 Å². The van der Waals surface area contributed by atoms with E-state index in [0.717, 1.165) is 23.3 Å². The Morgan fingerprint density at radius 2 is 1.84 bits per heavy atom. The van der Waals surface area contributed by atoms with E-state index in [1.807, 2.05) is 12.4 Å². The summed E-state index contributed by atoms with van der Waals surface area (Å²) in [5.74, 6) is 1.56. The molecule has 0 saturated heterocycles. The largest absolute Gasteiger partial charge is 0.497 e. The van der Waals surface area contributed by atoms with Gasteiger partial charge in [-0.05, 0) is 53.0 Å². The van der Waals surface area contributed by atoms with Crippen LogP contribution >= 0.6 is 0 Å². The van der Waals surface area contributed by atoms with Gasteiger partial charge >= 0.3 is 0 Å². The number of hydrogen-bond acceptors (Lipinski definition) is 3. The first-order valence-corrected chi connectivity index (χ1v) is 11.2. The molecule has 1 aliphatic carbocycles. The SMILES string of the molecule is COc1cc(C(C)(C)C)c2cnn(CC(C)(C)c3c(C4CC4)ccc4[nH]ncc34)c2c1. The third-order valence-corrected chi connectivity index (χ3v) is 6.68. The fraction of sp³-hybridized carbons (Fsp3) is 0.462. The predicted octanol–water partition coefficient (Wildman–Crippen LogP) is 6.07. The van der Waals surface area contributed by atoms with Gasteiger partial charge in [-0.15, -0.1) is 0 Å². The van der Waals surface area contributed by atoms with Gasteiger partial charge in [-0.3, -0.25) is 9.78 Å². The number of rotatable bonds is 5. The van der Waals surface area contributed by atoms with Crippen LogP contribution in [-0.2, 0) is 17.4 Å². The Labute approximate surface area is 183 Å². The van der Waals surface area contributed by atoms with Crippen LogP contribution in [0.2, 0.25) is 0 Å². The minimum absolute atomic E-state index is 0.0116. The Morgan fingerprint density at radius 3 is 2.52 bits per heavy atom. The van der Waals surface area contributed by atoms with Crippen molar-refractivity contribution in [3.63, 3.8) is 0 Å². The van der Waals surface area contributed by atoms with Gasteiger partial charge in [0.2, 0.25) is 0 Å². The van der Waals surface area contributed by atoms with Gasteiger partial charge in [-0.1, -0.05) is 40.7 Å². The van der Waals surface area contributed by atoms with E-state index in [4.69, 9.17) is 9.84 Å². The van der Waals surface area contributed by atoms with E-state index < -0.39 is 0 Å². The lowest BCUT2D eigenvalue weighted by molar-refractivity contribution is 0.408. The number of hydrogen-bond donors (Lipinski definition) is 1. The monoisotopic (exact) mass is 416 g/mol. The summed E-state index contributed by atoms with van der Waals surface area (Å²) in [4.78, 5) is 0. The summed E-state index contributed by atoms with van der Waals surface area (Å²) < 4.78 is 7.81. The van der Waals surface area contributed by atoms with Crippen molar-refractivity contribution in [2.75, 3.05) is 7.11 Å². The summed E-state index contributed by atoms with van der Waals surface area (Å²) in [5, 5.41) is 14.8. The average molecular weight is 417 g/mol. The number of aromatic nitrogens is 4. The van der Waals surface area contributed by atoms with Gasteiger partial charge in [0, 0.05) is 22.3 Å². The molecule has 5 rings (SSSR count). The number of benzene rings is 2. The minimum Gasteiger partial charge on any atom is -0.497 e. The third-order valence-electron chi connectivity index (χ3n) is 6.68. The molecule has 5 nitrogen and oxygen atoms in total. The number of H-pyrrole nitrogens is 1. The summed E-state index contributed by atoms with van der Waals surface area (Å²) in [6.45, 7) is 12.2. The quantitative estimate of drug-likeness (QED) is 0.429. The molecular formula is C26H32N4O. The Balaban J connectivity index is 1.64. The maximum absolute atomic E-state index is 5.65. The highest BCUT2D eigenvalue weighted by molar-refractivity contribution is 5.86. The van der Waals surface area contributed by atoms with Crippen LogP contribution < -0.4 is 4.74 Å². The second kappa shape index (κ2) is 6.84. The molecule has 0 unspecified atom stereocenters. The lowest BCUT2D eigenvalue weighted by atomic mass is 9.78. The molecule has 0 spiro atoms. The van der Waals surface area contributed by atoms with Crippen molar-refractivity contribution in [2.24, 2.45) is 0 Å². The maximum atomic E-state index is 5.65. The van der Waals surface area contributed by atoms with Crippen LogP contribution in [0.5, 0.6) is 5.75 Å². The number of methoxy groups -OCH3 is 1. The Bertz CT molecular complexity index is 1270. The van der Waals surface area contributed by atoms with Gasteiger partial charge in [-0.25, -0.2) is 0 Å². The normalized spacial score (nSPS) is 15.2. The second-order valence-electron chi connectivity index (χ2n) is 10.7. The van der Waals surface area contributed by atoms with E-state index in [1.165, 1.54) is 40.3 Å². The first-order chi connectivity index (χ1) is 14.7. The van der Waals surface area contributed by atoms with E-state index in [9.17, 15) is 0 Å². The summed E-state index contributed by atoms with van der Waals surface area (Å²) in [7, 11) is 1.74. The minimum atomic E-state index is -0.106. The van der Waals surface area contributed by atoms with Crippen molar-refractivity contribution in [2.45, 2.75) is 70.8 Å². The number of ether oxygens (including phenoxy) is 1. The molecule has 31 heavy (non-hydrogen) atoms. The third kappa shape index (κ3) is 3.40. The van der Waals surface area contributed by atoms with Gasteiger partial charge < -0.3 is 4.74 Å². The highest BCUT2D eigenvalue weighted by atomic mass is 16.5. The van der Waals surface area contributed by atoms with Crippen LogP contribution in [0, 0.1) is 0 Å².